The molecule has 0 radical (unpaired) electrons. The molecule has 0 saturated carbocycles. The Kier molecular flexibility index (Phi) is 3.03. The van der Waals surface area contributed by atoms with E-state index in [2.05, 4.69) is 0 Å². The third-order valence-electron chi connectivity index (χ3n) is 3.67. The number of aliphatic carboxylic acids is 1. The summed E-state index contributed by atoms with van der Waals surface area (Å²) in [5.74, 6) is -1.30. The largest absolute Gasteiger partial charge is 0.481 e. The van der Waals surface area contributed by atoms with Crippen LogP contribution in [-0.2, 0) is 9.53 Å². The molecule has 0 aromatic carbocycles. The number of hydrogen-bond donors (Lipinski definition) is 1. The number of carboxylic acid groups (broad SMARTS) is 1. The van der Waals surface area contributed by atoms with E-state index >= 15 is 0 Å². The van der Waals surface area contributed by atoms with Crippen molar-refractivity contribution in [2.75, 3.05) is 7.11 Å². The van der Waals surface area contributed by atoms with E-state index in [1.54, 1.807) is 14.0 Å². The van der Waals surface area contributed by atoms with E-state index in [0.717, 1.165) is 22.3 Å². The van der Waals surface area contributed by atoms with Gasteiger partial charge in [0.05, 0.1) is 5.92 Å². The second-order valence-corrected chi connectivity index (χ2v) is 5.04. The van der Waals surface area contributed by atoms with Crippen LogP contribution in [0.1, 0.15) is 20.8 Å². The summed E-state index contributed by atoms with van der Waals surface area (Å²) in [6.45, 7) is 5.64. The zero-order valence-electron chi connectivity index (χ0n) is 11.2. The zero-order chi connectivity index (χ0) is 13.5. The van der Waals surface area contributed by atoms with Gasteiger partial charge in [-0.25, -0.2) is 0 Å². The highest BCUT2D eigenvalue weighted by molar-refractivity contribution is 5.79. The van der Waals surface area contributed by atoms with Gasteiger partial charge in [0.1, 0.15) is 5.60 Å². The van der Waals surface area contributed by atoms with Gasteiger partial charge < -0.3 is 9.84 Å². The molecule has 3 heteroatoms. The van der Waals surface area contributed by atoms with Crippen LogP contribution in [0.4, 0.5) is 0 Å². The molecule has 18 heavy (non-hydrogen) atoms. The minimum absolute atomic E-state index is 0.458. The number of fused-ring (bicyclic) bond motifs is 1. The van der Waals surface area contributed by atoms with Crippen LogP contribution in [0.3, 0.4) is 0 Å². The average Bonchev–Trinajstić information content (AvgIpc) is 2.63. The predicted octanol–water partition coefficient (Wildman–Crippen LogP) is 2.86. The normalized spacial score (nSPS) is 27.8. The van der Waals surface area contributed by atoms with Gasteiger partial charge in [-0.2, -0.15) is 0 Å². The van der Waals surface area contributed by atoms with Crippen LogP contribution in [0.25, 0.3) is 0 Å². The Morgan fingerprint density at radius 3 is 2.72 bits per heavy atom. The minimum Gasteiger partial charge on any atom is -0.481 e. The van der Waals surface area contributed by atoms with Crippen LogP contribution in [0.2, 0.25) is 0 Å². The molecule has 1 N–H and O–H groups in total. The van der Waals surface area contributed by atoms with Gasteiger partial charge >= 0.3 is 5.97 Å². The number of allylic oxidation sites excluding steroid dienone is 5. The SMILES string of the molecule is COC1(C)C=CC2=CC(C)=C(C(C)C(=O)O)C2=C1. The Morgan fingerprint density at radius 1 is 1.50 bits per heavy atom. The van der Waals surface area contributed by atoms with Crippen LogP contribution < -0.4 is 0 Å². The molecule has 0 fully saturated rings. The molecule has 0 aromatic rings. The van der Waals surface area contributed by atoms with Gasteiger partial charge in [0.2, 0.25) is 0 Å². The fraction of sp³-hybridized carbons (Fsp3) is 0.400. The van der Waals surface area contributed by atoms with Crippen molar-refractivity contribution >= 4 is 5.97 Å². The van der Waals surface area contributed by atoms with E-state index in [1.165, 1.54) is 0 Å². The first kappa shape index (κ1) is 12.8. The minimum atomic E-state index is -0.798. The Bertz CT molecular complexity index is 520. The number of ether oxygens (including phenoxy) is 1. The molecule has 0 heterocycles. The topological polar surface area (TPSA) is 46.5 Å². The fourth-order valence-electron chi connectivity index (χ4n) is 2.47. The van der Waals surface area contributed by atoms with Crippen LogP contribution in [0.5, 0.6) is 0 Å². The molecule has 3 nitrogen and oxygen atoms in total. The Hall–Kier alpha value is -1.61. The lowest BCUT2D eigenvalue weighted by Gasteiger charge is -2.27. The van der Waals surface area contributed by atoms with Crippen LogP contribution in [-0.4, -0.2) is 23.8 Å². The number of carboxylic acids is 1. The smallest absolute Gasteiger partial charge is 0.310 e. The molecule has 0 amide bonds. The standard InChI is InChI=1S/C15H18O3/c1-9-7-11-5-6-15(3,18-4)8-12(11)13(9)10(2)14(16)17/h5-8,10H,1-4H3,(H,16,17). The monoisotopic (exact) mass is 246 g/mol. The highest BCUT2D eigenvalue weighted by atomic mass is 16.5. The molecule has 0 aromatic heterocycles. The second kappa shape index (κ2) is 4.25. The number of rotatable bonds is 3. The fourth-order valence-corrected chi connectivity index (χ4v) is 2.47. The molecule has 2 rings (SSSR count). The molecular weight excluding hydrogens is 228 g/mol. The van der Waals surface area contributed by atoms with Gasteiger partial charge in [-0.05, 0) is 55.2 Å². The molecule has 0 bridgehead atoms. The highest BCUT2D eigenvalue weighted by Crippen LogP contribution is 2.41. The zero-order valence-corrected chi connectivity index (χ0v) is 11.2. The molecule has 2 unspecified atom stereocenters. The van der Waals surface area contributed by atoms with Crippen molar-refractivity contribution in [1.82, 2.24) is 0 Å². The molecule has 96 valence electrons. The summed E-state index contributed by atoms with van der Waals surface area (Å²) in [6.07, 6.45) is 8.03. The summed E-state index contributed by atoms with van der Waals surface area (Å²) >= 11 is 0. The van der Waals surface area contributed by atoms with Crippen molar-refractivity contribution in [3.63, 3.8) is 0 Å². The first-order valence-electron chi connectivity index (χ1n) is 6.01. The Labute approximate surface area is 107 Å². The highest BCUT2D eigenvalue weighted by Gasteiger charge is 2.32. The second-order valence-electron chi connectivity index (χ2n) is 5.04. The Balaban J connectivity index is 2.47. The van der Waals surface area contributed by atoms with Crippen LogP contribution in [0.15, 0.2) is 46.6 Å². The lowest BCUT2D eigenvalue weighted by molar-refractivity contribution is -0.139. The molecular formula is C15H18O3. The summed E-state index contributed by atoms with van der Waals surface area (Å²) in [5, 5.41) is 9.20. The first-order chi connectivity index (χ1) is 8.38. The number of methoxy groups -OCH3 is 1. The predicted molar refractivity (Wildman–Crippen MR) is 70.2 cm³/mol. The molecule has 0 saturated heterocycles. The van der Waals surface area contributed by atoms with Crippen molar-refractivity contribution < 1.29 is 14.6 Å². The molecule has 2 aliphatic rings. The van der Waals surface area contributed by atoms with Crippen molar-refractivity contribution in [2.24, 2.45) is 5.92 Å². The van der Waals surface area contributed by atoms with Gasteiger partial charge in [-0.1, -0.05) is 12.2 Å². The number of hydrogen-bond acceptors (Lipinski definition) is 2. The maximum atomic E-state index is 11.2. The van der Waals surface area contributed by atoms with Crippen molar-refractivity contribution in [1.29, 1.82) is 0 Å². The van der Waals surface area contributed by atoms with Crippen molar-refractivity contribution in [3.05, 3.63) is 46.6 Å². The Morgan fingerprint density at radius 2 is 2.17 bits per heavy atom. The van der Waals surface area contributed by atoms with Crippen molar-refractivity contribution in [3.8, 4) is 0 Å². The number of carbonyl (C=O) groups is 1. The van der Waals surface area contributed by atoms with Gasteiger partial charge in [-0.3, -0.25) is 4.79 Å². The van der Waals surface area contributed by atoms with E-state index in [-0.39, 0.29) is 0 Å². The summed E-state index contributed by atoms with van der Waals surface area (Å²) in [6, 6.07) is 0. The molecule has 0 aliphatic heterocycles. The lowest BCUT2D eigenvalue weighted by Crippen LogP contribution is -2.25. The summed E-state index contributed by atoms with van der Waals surface area (Å²) in [5.41, 5.74) is 3.53. The van der Waals surface area contributed by atoms with Gasteiger partial charge in [0.25, 0.3) is 0 Å². The van der Waals surface area contributed by atoms with E-state index < -0.39 is 17.5 Å². The summed E-state index contributed by atoms with van der Waals surface area (Å²) < 4.78 is 5.45. The maximum absolute atomic E-state index is 11.2. The van der Waals surface area contributed by atoms with E-state index in [4.69, 9.17) is 4.74 Å². The quantitative estimate of drug-likeness (QED) is 0.833. The third kappa shape index (κ3) is 1.95. The summed E-state index contributed by atoms with van der Waals surface area (Å²) in [4.78, 5) is 11.2. The van der Waals surface area contributed by atoms with Crippen molar-refractivity contribution in [2.45, 2.75) is 26.4 Å². The van der Waals surface area contributed by atoms with Gasteiger partial charge in [-0.15, -0.1) is 0 Å². The van der Waals surface area contributed by atoms with Gasteiger partial charge in [0, 0.05) is 7.11 Å². The molecule has 2 atom stereocenters. The van der Waals surface area contributed by atoms with Crippen LogP contribution >= 0.6 is 0 Å². The van der Waals surface area contributed by atoms with Gasteiger partial charge in [0.15, 0.2) is 0 Å². The van der Waals surface area contributed by atoms with E-state index in [9.17, 15) is 9.90 Å². The average molecular weight is 246 g/mol. The maximum Gasteiger partial charge on any atom is 0.310 e. The van der Waals surface area contributed by atoms with Crippen LogP contribution in [0, 0.1) is 5.92 Å². The van der Waals surface area contributed by atoms with E-state index in [1.807, 2.05) is 38.2 Å². The molecule has 2 aliphatic carbocycles. The third-order valence-corrected chi connectivity index (χ3v) is 3.67. The van der Waals surface area contributed by atoms with E-state index in [0.29, 0.717) is 0 Å². The molecule has 0 spiro atoms. The summed E-state index contributed by atoms with van der Waals surface area (Å²) in [7, 11) is 1.65. The first-order valence-corrected chi connectivity index (χ1v) is 6.01. The lowest BCUT2D eigenvalue weighted by atomic mass is 9.85.